The summed E-state index contributed by atoms with van der Waals surface area (Å²) in [5.41, 5.74) is 2.23. The van der Waals surface area contributed by atoms with Crippen molar-refractivity contribution in [2.75, 3.05) is 23.8 Å². The summed E-state index contributed by atoms with van der Waals surface area (Å²) >= 11 is 4.74. The summed E-state index contributed by atoms with van der Waals surface area (Å²) in [7, 11) is 0. The van der Waals surface area contributed by atoms with Gasteiger partial charge in [0.15, 0.2) is 11.5 Å². The lowest BCUT2D eigenvalue weighted by molar-refractivity contribution is -0.116. The molecule has 5 aromatic rings. The first kappa shape index (κ1) is 33.5. The number of carbonyl (C=O) groups is 3. The number of amides is 3. The van der Waals surface area contributed by atoms with Crippen molar-refractivity contribution in [3.05, 3.63) is 154 Å². The Balaban J connectivity index is 1.18. The molecular weight excluding hydrogens is 709 g/mol. The van der Waals surface area contributed by atoms with Crippen molar-refractivity contribution < 1.29 is 28.2 Å². The quantitative estimate of drug-likeness (QED) is 0.0985. The maximum absolute atomic E-state index is 14.3. The number of ether oxygens (including phenoxy) is 2. The monoisotopic (exact) mass is 737 g/mol. The van der Waals surface area contributed by atoms with Crippen LogP contribution in [0, 0.1) is 5.82 Å². The smallest absolute Gasteiger partial charge is 0.272 e. The van der Waals surface area contributed by atoms with E-state index in [2.05, 4.69) is 31.9 Å². The van der Waals surface area contributed by atoms with E-state index >= 15 is 0 Å². The largest absolute Gasteiger partial charge is 0.486 e. The fraction of sp³-hybridized carbons (Fsp3) is 0.0789. The van der Waals surface area contributed by atoms with E-state index in [-0.39, 0.29) is 17.2 Å². The van der Waals surface area contributed by atoms with Crippen LogP contribution in [0.5, 0.6) is 11.5 Å². The summed E-state index contributed by atoms with van der Waals surface area (Å²) in [6.07, 6.45) is 1.51. The molecule has 3 N–H and O–H groups in total. The van der Waals surface area contributed by atoms with E-state index in [1.807, 2.05) is 30.3 Å². The standard InChI is InChI=1S/C38H29BrFN3O5S/c39-26-12-10-24(11-13-26)22-32(43-36(44)30-8-4-5-9-31(30)40)37(45)41-27-14-17-29(18-15-27)49-35(25-6-2-1-3-7-25)38(46)42-28-16-19-33-34(23-28)48-21-20-47-33/h1-19,22-23,35H,20-21H2,(H,41,45)(H,42,46)(H,43,44)/b32-22-/t35-/m0/s1. The van der Waals surface area contributed by atoms with Gasteiger partial charge in [-0.3, -0.25) is 14.4 Å². The fourth-order valence-electron chi connectivity index (χ4n) is 4.90. The van der Waals surface area contributed by atoms with Crippen LogP contribution < -0.4 is 25.4 Å². The highest BCUT2D eigenvalue weighted by Gasteiger charge is 2.24. The average Bonchev–Trinajstić information content (AvgIpc) is 3.12. The number of nitrogens with one attached hydrogen (secondary N) is 3. The second-order valence-electron chi connectivity index (χ2n) is 10.8. The zero-order valence-corrected chi connectivity index (χ0v) is 28.2. The van der Waals surface area contributed by atoms with Gasteiger partial charge in [0, 0.05) is 26.8 Å². The third kappa shape index (κ3) is 8.75. The van der Waals surface area contributed by atoms with Crippen LogP contribution in [0.4, 0.5) is 15.8 Å². The fourth-order valence-corrected chi connectivity index (χ4v) is 6.19. The summed E-state index contributed by atoms with van der Waals surface area (Å²) in [4.78, 5) is 40.8. The zero-order valence-electron chi connectivity index (χ0n) is 25.8. The Hall–Kier alpha value is -5.39. The summed E-state index contributed by atoms with van der Waals surface area (Å²) in [5.74, 6) is -1.08. The van der Waals surface area contributed by atoms with E-state index in [1.54, 1.807) is 72.8 Å². The molecule has 11 heteroatoms. The van der Waals surface area contributed by atoms with Crippen molar-refractivity contribution in [1.29, 1.82) is 0 Å². The number of thioether (sulfide) groups is 1. The van der Waals surface area contributed by atoms with E-state index in [4.69, 9.17) is 9.47 Å². The lowest BCUT2D eigenvalue weighted by Gasteiger charge is -2.20. The van der Waals surface area contributed by atoms with Gasteiger partial charge in [0.25, 0.3) is 11.8 Å². The van der Waals surface area contributed by atoms with E-state index in [0.29, 0.717) is 41.7 Å². The Labute approximate surface area is 294 Å². The number of hydrogen-bond donors (Lipinski definition) is 3. The van der Waals surface area contributed by atoms with E-state index in [9.17, 15) is 18.8 Å². The van der Waals surface area contributed by atoms with Crippen LogP contribution in [-0.2, 0) is 9.59 Å². The van der Waals surface area contributed by atoms with Crippen molar-refractivity contribution >= 4 is 62.9 Å². The highest BCUT2D eigenvalue weighted by atomic mass is 79.9. The number of anilines is 2. The molecule has 0 saturated heterocycles. The van der Waals surface area contributed by atoms with E-state index in [1.165, 1.54) is 36.0 Å². The molecule has 49 heavy (non-hydrogen) atoms. The van der Waals surface area contributed by atoms with Gasteiger partial charge < -0.3 is 25.4 Å². The third-order valence-electron chi connectivity index (χ3n) is 7.31. The van der Waals surface area contributed by atoms with Crippen LogP contribution in [0.2, 0.25) is 0 Å². The van der Waals surface area contributed by atoms with Crippen LogP contribution in [0.25, 0.3) is 6.08 Å². The molecule has 5 aromatic carbocycles. The van der Waals surface area contributed by atoms with Gasteiger partial charge in [0.1, 0.15) is 30.0 Å². The first-order valence-corrected chi connectivity index (χ1v) is 16.9. The molecule has 1 heterocycles. The molecule has 0 unspecified atom stereocenters. The zero-order chi connectivity index (χ0) is 34.2. The average molecular weight is 739 g/mol. The van der Waals surface area contributed by atoms with Crippen LogP contribution in [0.3, 0.4) is 0 Å². The van der Waals surface area contributed by atoms with Gasteiger partial charge >= 0.3 is 0 Å². The Morgan fingerprint density at radius 1 is 0.755 bits per heavy atom. The Kier molecular flexibility index (Phi) is 10.7. The van der Waals surface area contributed by atoms with E-state index < -0.39 is 22.9 Å². The maximum atomic E-state index is 14.3. The minimum absolute atomic E-state index is 0.0750. The molecule has 0 aromatic heterocycles. The van der Waals surface area contributed by atoms with E-state index in [0.717, 1.165) is 14.9 Å². The van der Waals surface area contributed by atoms with Gasteiger partial charge in [-0.1, -0.05) is 70.5 Å². The molecule has 3 amide bonds. The highest BCUT2D eigenvalue weighted by molar-refractivity contribution is 9.10. The van der Waals surface area contributed by atoms with Crippen LogP contribution in [0.15, 0.2) is 136 Å². The van der Waals surface area contributed by atoms with Crippen molar-refractivity contribution in [2.24, 2.45) is 0 Å². The molecule has 1 aliphatic heterocycles. The van der Waals surface area contributed by atoms with Crippen molar-refractivity contribution in [1.82, 2.24) is 5.32 Å². The third-order valence-corrected chi connectivity index (χ3v) is 9.10. The highest BCUT2D eigenvalue weighted by Crippen LogP contribution is 2.38. The Morgan fingerprint density at radius 2 is 1.43 bits per heavy atom. The molecule has 0 aliphatic carbocycles. The molecule has 6 rings (SSSR count). The second-order valence-corrected chi connectivity index (χ2v) is 12.9. The predicted molar refractivity (Wildman–Crippen MR) is 192 cm³/mol. The molecule has 1 aliphatic rings. The van der Waals surface area contributed by atoms with Crippen molar-refractivity contribution in [3.63, 3.8) is 0 Å². The molecule has 0 bridgehead atoms. The lowest BCUT2D eigenvalue weighted by atomic mass is 10.1. The minimum atomic E-state index is -0.759. The molecular formula is C38H29BrFN3O5S. The summed E-state index contributed by atoms with van der Waals surface area (Å²) in [5, 5.41) is 7.76. The second kappa shape index (κ2) is 15.7. The molecule has 8 nitrogen and oxygen atoms in total. The number of halogens is 2. The minimum Gasteiger partial charge on any atom is -0.486 e. The van der Waals surface area contributed by atoms with Crippen LogP contribution >= 0.6 is 27.7 Å². The number of benzene rings is 5. The first-order valence-electron chi connectivity index (χ1n) is 15.2. The van der Waals surface area contributed by atoms with Gasteiger partial charge in [-0.25, -0.2) is 4.39 Å². The van der Waals surface area contributed by atoms with Gasteiger partial charge in [-0.2, -0.15) is 0 Å². The molecule has 1 atom stereocenters. The number of hydrogen-bond acceptors (Lipinski definition) is 6. The van der Waals surface area contributed by atoms with Gasteiger partial charge in [-0.15, -0.1) is 11.8 Å². The number of rotatable bonds is 10. The molecule has 0 saturated carbocycles. The van der Waals surface area contributed by atoms with Crippen LogP contribution in [0.1, 0.15) is 26.7 Å². The lowest BCUT2D eigenvalue weighted by Crippen LogP contribution is -2.31. The number of carbonyl (C=O) groups excluding carboxylic acids is 3. The van der Waals surface area contributed by atoms with Gasteiger partial charge in [-0.05, 0) is 77.9 Å². The van der Waals surface area contributed by atoms with Gasteiger partial charge in [0.05, 0.1) is 5.56 Å². The summed E-state index contributed by atoms with van der Waals surface area (Å²) in [6.45, 7) is 0.915. The maximum Gasteiger partial charge on any atom is 0.272 e. The predicted octanol–water partition coefficient (Wildman–Crippen LogP) is 8.24. The van der Waals surface area contributed by atoms with Crippen LogP contribution in [-0.4, -0.2) is 30.9 Å². The summed E-state index contributed by atoms with van der Waals surface area (Å²) in [6, 6.07) is 34.4. The molecule has 0 fully saturated rings. The normalized spacial score (nSPS) is 12.8. The van der Waals surface area contributed by atoms with Gasteiger partial charge in [0.2, 0.25) is 5.91 Å². The number of fused-ring (bicyclic) bond motifs is 1. The van der Waals surface area contributed by atoms with Crippen molar-refractivity contribution in [2.45, 2.75) is 10.1 Å². The Bertz CT molecular complexity index is 2010. The SMILES string of the molecule is O=C(Nc1ccc(S[C@H](C(=O)Nc2ccc3c(c2)OCCO3)c2ccccc2)cc1)/C(=C/c1ccc(Br)cc1)NC(=O)c1ccccc1F. The molecule has 0 radical (unpaired) electrons. The van der Waals surface area contributed by atoms with Crippen molar-refractivity contribution in [3.8, 4) is 11.5 Å². The molecule has 0 spiro atoms. The first-order chi connectivity index (χ1) is 23.8. The summed E-state index contributed by atoms with van der Waals surface area (Å²) < 4.78 is 26.4. The molecule has 246 valence electrons. The topological polar surface area (TPSA) is 106 Å². The Morgan fingerprint density at radius 3 is 2.16 bits per heavy atom.